The highest BCUT2D eigenvalue weighted by atomic mass is 16.1. The van der Waals surface area contributed by atoms with Gasteiger partial charge >= 0.3 is 0 Å². The van der Waals surface area contributed by atoms with Gasteiger partial charge in [0.15, 0.2) is 0 Å². The number of hydrogen-bond acceptors (Lipinski definition) is 3. The number of nitriles is 2. The van der Waals surface area contributed by atoms with Crippen LogP contribution in [0, 0.1) is 35.5 Å². The lowest BCUT2D eigenvalue weighted by Crippen LogP contribution is -2.38. The molecule has 0 aliphatic rings. The molecule has 0 heterocycles. The van der Waals surface area contributed by atoms with E-state index in [9.17, 15) is 10.1 Å². The number of rotatable bonds is 6. The van der Waals surface area contributed by atoms with Crippen LogP contribution >= 0.6 is 0 Å². The molecule has 0 unspecified atom stereocenters. The van der Waals surface area contributed by atoms with E-state index < -0.39 is 5.92 Å². The maximum Gasteiger partial charge on any atom is 0.237 e. The Hall–Kier alpha value is -3.11. The molecular formula is C21H21N3O. The third-order valence-corrected chi connectivity index (χ3v) is 4.17. The molecule has 0 aliphatic heterocycles. The van der Waals surface area contributed by atoms with Gasteiger partial charge in [0, 0.05) is 6.04 Å². The van der Waals surface area contributed by atoms with Crippen molar-refractivity contribution in [1.82, 2.24) is 5.32 Å². The topological polar surface area (TPSA) is 76.7 Å². The monoisotopic (exact) mass is 331 g/mol. The number of benzene rings is 2. The van der Waals surface area contributed by atoms with Crippen molar-refractivity contribution in [1.29, 1.82) is 10.5 Å². The number of nitrogens with one attached hydrogen (secondary N) is 1. The molecule has 0 saturated heterocycles. The van der Waals surface area contributed by atoms with Gasteiger partial charge < -0.3 is 5.32 Å². The van der Waals surface area contributed by atoms with Crippen molar-refractivity contribution in [2.75, 3.05) is 0 Å². The SMILES string of the molecule is Cc1ccccc1C[C@H](C)NC(=O)[C@H](C#N)Cc1ccc(C#N)cc1. The van der Waals surface area contributed by atoms with Gasteiger partial charge in [-0.25, -0.2) is 0 Å². The second kappa shape index (κ2) is 8.66. The van der Waals surface area contributed by atoms with E-state index in [-0.39, 0.29) is 11.9 Å². The van der Waals surface area contributed by atoms with Gasteiger partial charge in [0.25, 0.3) is 0 Å². The molecule has 0 radical (unpaired) electrons. The van der Waals surface area contributed by atoms with E-state index in [1.165, 1.54) is 11.1 Å². The summed E-state index contributed by atoms with van der Waals surface area (Å²) in [6, 6.07) is 19.1. The van der Waals surface area contributed by atoms with Gasteiger partial charge in [0.05, 0.1) is 17.7 Å². The Morgan fingerprint density at radius 1 is 1.08 bits per heavy atom. The summed E-state index contributed by atoms with van der Waals surface area (Å²) < 4.78 is 0. The summed E-state index contributed by atoms with van der Waals surface area (Å²) in [5.41, 5.74) is 3.81. The molecule has 2 atom stereocenters. The first-order valence-electron chi connectivity index (χ1n) is 8.27. The average molecular weight is 331 g/mol. The fraction of sp³-hybridized carbons (Fsp3) is 0.286. The normalized spacial score (nSPS) is 12.5. The predicted octanol–water partition coefficient (Wildman–Crippen LogP) is 3.30. The van der Waals surface area contributed by atoms with Crippen molar-refractivity contribution in [2.24, 2.45) is 5.92 Å². The smallest absolute Gasteiger partial charge is 0.237 e. The van der Waals surface area contributed by atoms with E-state index in [0.29, 0.717) is 12.0 Å². The molecule has 4 heteroatoms. The minimum Gasteiger partial charge on any atom is -0.352 e. The van der Waals surface area contributed by atoms with Gasteiger partial charge in [-0.2, -0.15) is 10.5 Å². The van der Waals surface area contributed by atoms with E-state index in [1.807, 2.05) is 32.0 Å². The van der Waals surface area contributed by atoms with Gasteiger partial charge in [0.1, 0.15) is 5.92 Å². The largest absolute Gasteiger partial charge is 0.352 e. The zero-order chi connectivity index (χ0) is 18.2. The van der Waals surface area contributed by atoms with Crippen LogP contribution in [0.15, 0.2) is 48.5 Å². The second-order valence-corrected chi connectivity index (χ2v) is 6.23. The molecule has 0 aliphatic carbocycles. The molecule has 1 N–H and O–H groups in total. The molecule has 126 valence electrons. The molecule has 0 saturated carbocycles. The standard InChI is InChI=1S/C21H21N3O/c1-15-5-3-4-6-19(15)11-16(2)24-21(25)20(14-23)12-17-7-9-18(13-22)10-8-17/h3-10,16,20H,11-12H2,1-2H3,(H,24,25)/t16-,20-/m0/s1. The average Bonchev–Trinajstić information content (AvgIpc) is 2.62. The molecule has 25 heavy (non-hydrogen) atoms. The summed E-state index contributed by atoms with van der Waals surface area (Å²) in [6.45, 7) is 3.99. The lowest BCUT2D eigenvalue weighted by atomic mass is 9.97. The summed E-state index contributed by atoms with van der Waals surface area (Å²) >= 11 is 0. The highest BCUT2D eigenvalue weighted by Crippen LogP contribution is 2.12. The maximum absolute atomic E-state index is 12.4. The van der Waals surface area contributed by atoms with Gasteiger partial charge in [-0.05, 0) is 55.5 Å². The van der Waals surface area contributed by atoms with Crippen molar-refractivity contribution >= 4 is 5.91 Å². The number of carbonyl (C=O) groups excluding carboxylic acids is 1. The highest BCUT2D eigenvalue weighted by molar-refractivity contribution is 5.81. The number of carbonyl (C=O) groups is 1. The van der Waals surface area contributed by atoms with E-state index >= 15 is 0 Å². The third kappa shape index (κ3) is 5.19. The van der Waals surface area contributed by atoms with Gasteiger partial charge in [-0.3, -0.25) is 4.79 Å². The summed E-state index contributed by atoms with van der Waals surface area (Å²) in [5, 5.41) is 21.1. The van der Waals surface area contributed by atoms with Crippen LogP contribution in [-0.2, 0) is 17.6 Å². The van der Waals surface area contributed by atoms with Crippen LogP contribution in [0.1, 0.15) is 29.2 Å². The third-order valence-electron chi connectivity index (χ3n) is 4.17. The summed E-state index contributed by atoms with van der Waals surface area (Å²) in [4.78, 5) is 12.4. The van der Waals surface area contributed by atoms with Gasteiger partial charge in [0.2, 0.25) is 5.91 Å². The van der Waals surface area contributed by atoms with E-state index in [0.717, 1.165) is 12.0 Å². The molecule has 4 nitrogen and oxygen atoms in total. The summed E-state index contributed by atoms with van der Waals surface area (Å²) in [5.74, 6) is -1.000. The number of hydrogen-bond donors (Lipinski definition) is 1. The minimum atomic E-state index is -0.743. The number of nitrogens with zero attached hydrogens (tertiary/aromatic N) is 2. The Morgan fingerprint density at radius 2 is 1.76 bits per heavy atom. The molecule has 1 amide bonds. The van der Waals surface area contributed by atoms with Crippen molar-refractivity contribution in [3.05, 3.63) is 70.8 Å². The summed E-state index contributed by atoms with van der Waals surface area (Å²) in [7, 11) is 0. The molecule has 2 aromatic carbocycles. The number of aryl methyl sites for hydroxylation is 1. The van der Waals surface area contributed by atoms with Crippen LogP contribution in [0.4, 0.5) is 0 Å². The first-order valence-corrected chi connectivity index (χ1v) is 8.27. The quantitative estimate of drug-likeness (QED) is 0.882. The Morgan fingerprint density at radius 3 is 2.36 bits per heavy atom. The predicted molar refractivity (Wildman–Crippen MR) is 96.5 cm³/mol. The molecule has 2 rings (SSSR count). The molecule has 0 spiro atoms. The first-order chi connectivity index (χ1) is 12.0. The first kappa shape index (κ1) is 18.2. The van der Waals surface area contributed by atoms with Crippen LogP contribution in [-0.4, -0.2) is 11.9 Å². The summed E-state index contributed by atoms with van der Waals surface area (Å²) in [6.07, 6.45) is 1.07. The van der Waals surface area contributed by atoms with Crippen molar-refractivity contribution in [2.45, 2.75) is 32.7 Å². The highest BCUT2D eigenvalue weighted by Gasteiger charge is 2.20. The molecule has 2 aromatic rings. The minimum absolute atomic E-state index is 0.0505. The second-order valence-electron chi connectivity index (χ2n) is 6.23. The van der Waals surface area contributed by atoms with Crippen LogP contribution in [0.5, 0.6) is 0 Å². The Kier molecular flexibility index (Phi) is 6.32. The molecule has 0 fully saturated rings. The van der Waals surface area contributed by atoms with Crippen LogP contribution in [0.3, 0.4) is 0 Å². The number of amides is 1. The Labute approximate surface area is 148 Å². The fourth-order valence-electron chi connectivity index (χ4n) is 2.71. The van der Waals surface area contributed by atoms with Gasteiger partial charge in [-0.15, -0.1) is 0 Å². The Balaban J connectivity index is 1.96. The van der Waals surface area contributed by atoms with Crippen molar-refractivity contribution in [3.8, 4) is 12.1 Å². The fourth-order valence-corrected chi connectivity index (χ4v) is 2.71. The molecule has 0 aromatic heterocycles. The lowest BCUT2D eigenvalue weighted by molar-refractivity contribution is -0.123. The zero-order valence-electron chi connectivity index (χ0n) is 14.5. The molecule has 0 bridgehead atoms. The zero-order valence-corrected chi connectivity index (χ0v) is 14.5. The van der Waals surface area contributed by atoms with Crippen molar-refractivity contribution < 1.29 is 4.79 Å². The Bertz CT molecular complexity index is 812. The van der Waals surface area contributed by atoms with Crippen LogP contribution < -0.4 is 5.32 Å². The lowest BCUT2D eigenvalue weighted by Gasteiger charge is -2.17. The van der Waals surface area contributed by atoms with E-state index in [1.54, 1.807) is 24.3 Å². The van der Waals surface area contributed by atoms with E-state index in [4.69, 9.17) is 5.26 Å². The van der Waals surface area contributed by atoms with Crippen LogP contribution in [0.25, 0.3) is 0 Å². The molecular weight excluding hydrogens is 310 g/mol. The van der Waals surface area contributed by atoms with Crippen molar-refractivity contribution in [3.63, 3.8) is 0 Å². The van der Waals surface area contributed by atoms with E-state index in [2.05, 4.69) is 23.5 Å². The van der Waals surface area contributed by atoms with Gasteiger partial charge in [-0.1, -0.05) is 36.4 Å². The maximum atomic E-state index is 12.4. The van der Waals surface area contributed by atoms with Crippen LogP contribution in [0.2, 0.25) is 0 Å².